The fourth-order valence-corrected chi connectivity index (χ4v) is 3.49. The quantitative estimate of drug-likeness (QED) is 0.784. The summed E-state index contributed by atoms with van der Waals surface area (Å²) in [4.78, 5) is 2.61. The second-order valence-electron chi connectivity index (χ2n) is 6.27. The monoisotopic (exact) mass is 360 g/mol. The average molecular weight is 361 g/mol. The number of likely N-dealkylation sites (tertiary alicyclic amines) is 1. The molecule has 2 heterocycles. The molecule has 1 aromatic rings. The van der Waals surface area contributed by atoms with Crippen LogP contribution < -0.4 is 5.32 Å². The van der Waals surface area contributed by atoms with Crippen LogP contribution in [0.5, 0.6) is 0 Å². The highest BCUT2D eigenvalue weighted by molar-refractivity contribution is 5.85. The van der Waals surface area contributed by atoms with Gasteiger partial charge in [0, 0.05) is 6.54 Å². The van der Waals surface area contributed by atoms with E-state index in [-0.39, 0.29) is 30.9 Å². The number of piperidine rings is 1. The van der Waals surface area contributed by atoms with Crippen LogP contribution in [0.25, 0.3) is 0 Å². The maximum atomic E-state index is 5.93. The van der Waals surface area contributed by atoms with Gasteiger partial charge in [0.2, 0.25) is 0 Å². The largest absolute Gasteiger partial charge is 0.372 e. The number of halogens is 2. The van der Waals surface area contributed by atoms with Gasteiger partial charge in [-0.1, -0.05) is 30.7 Å². The third kappa shape index (κ3) is 6.24. The minimum atomic E-state index is 0. The Bertz CT molecular complexity index is 439. The van der Waals surface area contributed by atoms with E-state index in [9.17, 15) is 0 Å². The Morgan fingerprint density at radius 3 is 2.70 bits per heavy atom. The molecule has 0 amide bonds. The zero-order chi connectivity index (χ0) is 14.3. The summed E-state index contributed by atoms with van der Waals surface area (Å²) in [6.45, 7) is 6.75. The Kier molecular flexibility index (Phi) is 10.2. The summed E-state index contributed by atoms with van der Waals surface area (Å²) in [5, 5.41) is 3.58. The highest BCUT2D eigenvalue weighted by atomic mass is 35.5. The summed E-state index contributed by atoms with van der Waals surface area (Å²) in [5.74, 6) is 0. The lowest BCUT2D eigenvalue weighted by Crippen LogP contribution is -2.33. The number of benzene rings is 1. The topological polar surface area (TPSA) is 24.5 Å². The van der Waals surface area contributed by atoms with Gasteiger partial charge in [-0.25, -0.2) is 0 Å². The SMILES string of the molecule is Cl.Cl.c1ccc2c(c1)CCOC2CNCCCN1CCCCC1. The summed E-state index contributed by atoms with van der Waals surface area (Å²) >= 11 is 0. The van der Waals surface area contributed by atoms with Crippen molar-refractivity contribution in [1.29, 1.82) is 0 Å². The molecule has 5 heteroatoms. The van der Waals surface area contributed by atoms with Crippen LogP contribution in [0.4, 0.5) is 0 Å². The van der Waals surface area contributed by atoms with Crippen molar-refractivity contribution in [3.8, 4) is 0 Å². The zero-order valence-electron chi connectivity index (χ0n) is 13.8. The van der Waals surface area contributed by atoms with Crippen molar-refractivity contribution >= 4 is 24.8 Å². The van der Waals surface area contributed by atoms with Crippen LogP contribution in [0.15, 0.2) is 24.3 Å². The van der Waals surface area contributed by atoms with Gasteiger partial charge >= 0.3 is 0 Å². The summed E-state index contributed by atoms with van der Waals surface area (Å²) < 4.78 is 5.93. The summed E-state index contributed by atoms with van der Waals surface area (Å²) in [5.41, 5.74) is 2.84. The van der Waals surface area contributed by atoms with Crippen molar-refractivity contribution in [3.05, 3.63) is 35.4 Å². The molecule has 0 aliphatic carbocycles. The second kappa shape index (κ2) is 11.3. The van der Waals surface area contributed by atoms with Crippen LogP contribution in [0.1, 0.15) is 42.9 Å². The standard InChI is InChI=1S/C18H28N2O.2ClH/c1-4-11-20(12-5-1)13-6-10-19-15-18-17-8-3-2-7-16(17)9-14-21-18;;/h2-3,7-8,18-19H,1,4-6,9-15H2;2*1H. The van der Waals surface area contributed by atoms with E-state index in [1.807, 2.05) is 0 Å². The van der Waals surface area contributed by atoms with Crippen LogP contribution in [-0.4, -0.2) is 44.2 Å². The maximum Gasteiger partial charge on any atom is 0.0952 e. The maximum absolute atomic E-state index is 5.93. The third-order valence-electron chi connectivity index (χ3n) is 4.70. The van der Waals surface area contributed by atoms with E-state index >= 15 is 0 Å². The van der Waals surface area contributed by atoms with Crippen molar-refractivity contribution in [2.75, 3.05) is 39.3 Å². The van der Waals surface area contributed by atoms with E-state index in [1.54, 1.807) is 0 Å². The molecule has 3 nitrogen and oxygen atoms in total. The normalized spacial score (nSPS) is 21.0. The predicted octanol–water partition coefficient (Wildman–Crippen LogP) is 3.61. The molecule has 0 aromatic heterocycles. The predicted molar refractivity (Wildman–Crippen MR) is 101 cm³/mol. The first-order chi connectivity index (χ1) is 10.4. The Morgan fingerprint density at radius 1 is 1.09 bits per heavy atom. The van der Waals surface area contributed by atoms with Gasteiger partial charge in [0.1, 0.15) is 0 Å². The Hall–Kier alpha value is -0.320. The third-order valence-corrected chi connectivity index (χ3v) is 4.70. The van der Waals surface area contributed by atoms with Gasteiger partial charge in [-0.05, 0) is 63.0 Å². The van der Waals surface area contributed by atoms with Crippen LogP contribution in [0.3, 0.4) is 0 Å². The Labute approximate surface area is 153 Å². The van der Waals surface area contributed by atoms with Crippen molar-refractivity contribution in [2.24, 2.45) is 0 Å². The highest BCUT2D eigenvalue weighted by Gasteiger charge is 2.19. The first-order valence-electron chi connectivity index (χ1n) is 8.56. The Balaban J connectivity index is 0.00000132. The molecule has 3 rings (SSSR count). The van der Waals surface area contributed by atoms with Gasteiger partial charge in [-0.3, -0.25) is 0 Å². The average Bonchev–Trinajstić information content (AvgIpc) is 2.56. The molecule has 1 saturated heterocycles. The summed E-state index contributed by atoms with van der Waals surface area (Å²) in [7, 11) is 0. The van der Waals surface area contributed by atoms with Gasteiger partial charge in [0.05, 0.1) is 12.7 Å². The van der Waals surface area contributed by atoms with Crippen molar-refractivity contribution in [3.63, 3.8) is 0 Å². The molecule has 1 atom stereocenters. The molecule has 2 aliphatic rings. The molecule has 2 aliphatic heterocycles. The molecule has 23 heavy (non-hydrogen) atoms. The van der Waals surface area contributed by atoms with Gasteiger partial charge < -0.3 is 15.0 Å². The first kappa shape index (κ1) is 20.7. The lowest BCUT2D eigenvalue weighted by atomic mass is 9.97. The van der Waals surface area contributed by atoms with E-state index in [1.165, 1.54) is 56.4 Å². The molecule has 0 saturated carbocycles. The van der Waals surface area contributed by atoms with Crippen molar-refractivity contribution < 1.29 is 4.74 Å². The van der Waals surface area contributed by atoms with Crippen molar-refractivity contribution in [1.82, 2.24) is 10.2 Å². The molecule has 0 spiro atoms. The first-order valence-corrected chi connectivity index (χ1v) is 8.56. The van der Waals surface area contributed by atoms with Gasteiger partial charge in [0.25, 0.3) is 0 Å². The number of nitrogens with one attached hydrogen (secondary N) is 1. The van der Waals surface area contributed by atoms with E-state index in [0.29, 0.717) is 0 Å². The molecule has 1 aromatic carbocycles. The van der Waals surface area contributed by atoms with Crippen LogP contribution in [0.2, 0.25) is 0 Å². The lowest BCUT2D eigenvalue weighted by molar-refractivity contribution is 0.0425. The molecular weight excluding hydrogens is 331 g/mol. The number of rotatable bonds is 6. The fraction of sp³-hybridized carbons (Fsp3) is 0.667. The van der Waals surface area contributed by atoms with E-state index < -0.39 is 0 Å². The number of fused-ring (bicyclic) bond motifs is 1. The van der Waals surface area contributed by atoms with E-state index in [4.69, 9.17) is 4.74 Å². The molecule has 1 unspecified atom stereocenters. The number of nitrogens with zero attached hydrogens (tertiary/aromatic N) is 1. The zero-order valence-corrected chi connectivity index (χ0v) is 15.5. The number of hydrogen-bond acceptors (Lipinski definition) is 3. The second-order valence-corrected chi connectivity index (χ2v) is 6.27. The smallest absolute Gasteiger partial charge is 0.0952 e. The van der Waals surface area contributed by atoms with E-state index in [2.05, 4.69) is 34.5 Å². The van der Waals surface area contributed by atoms with Gasteiger partial charge in [0.15, 0.2) is 0 Å². The van der Waals surface area contributed by atoms with Crippen molar-refractivity contribution in [2.45, 2.75) is 38.2 Å². The van der Waals surface area contributed by atoms with Gasteiger partial charge in [-0.15, -0.1) is 24.8 Å². The molecule has 1 fully saturated rings. The molecule has 0 radical (unpaired) electrons. The Morgan fingerprint density at radius 2 is 1.87 bits per heavy atom. The lowest BCUT2D eigenvalue weighted by Gasteiger charge is -2.27. The minimum absolute atomic E-state index is 0. The number of ether oxygens (including phenoxy) is 1. The highest BCUT2D eigenvalue weighted by Crippen LogP contribution is 2.26. The van der Waals surface area contributed by atoms with Crippen LogP contribution in [0, 0.1) is 0 Å². The van der Waals surface area contributed by atoms with E-state index in [0.717, 1.165) is 26.1 Å². The minimum Gasteiger partial charge on any atom is -0.372 e. The number of hydrogen-bond donors (Lipinski definition) is 1. The molecular formula is C18H30Cl2N2O. The summed E-state index contributed by atoms with van der Waals surface area (Å²) in [6.07, 6.45) is 6.74. The van der Waals surface area contributed by atoms with Crippen LogP contribution in [-0.2, 0) is 11.2 Å². The van der Waals surface area contributed by atoms with Crippen LogP contribution >= 0.6 is 24.8 Å². The molecule has 1 N–H and O–H groups in total. The molecule has 0 bridgehead atoms. The molecule has 132 valence electrons. The van der Waals surface area contributed by atoms with Gasteiger partial charge in [-0.2, -0.15) is 0 Å². The summed E-state index contributed by atoms with van der Waals surface area (Å²) in [6, 6.07) is 8.71. The fourth-order valence-electron chi connectivity index (χ4n) is 3.49.